The van der Waals surface area contributed by atoms with Gasteiger partial charge in [0.2, 0.25) is 0 Å². The molecule has 2 aromatic rings. The largest absolute Gasteiger partial charge is 0.496 e. The number of rotatable bonds is 14. The Kier molecular flexibility index (Phi) is 10.4. The summed E-state index contributed by atoms with van der Waals surface area (Å²) in [5.41, 5.74) is 2.22. The Hall–Kier alpha value is -2.58. The fraction of sp³-hybridized carbons (Fsp3) is 0.688. The van der Waals surface area contributed by atoms with Crippen LogP contribution in [-0.4, -0.2) is 73.1 Å². The van der Waals surface area contributed by atoms with Crippen molar-refractivity contribution in [3.63, 3.8) is 0 Å². The zero-order valence-electron chi connectivity index (χ0n) is 24.6. The van der Waals surface area contributed by atoms with Crippen molar-refractivity contribution in [1.82, 2.24) is 25.3 Å². The molecule has 2 N–H and O–H groups in total. The molecule has 2 heterocycles. The topological polar surface area (TPSA) is 80.7 Å². The highest BCUT2D eigenvalue weighted by Crippen LogP contribution is 2.41. The SMILES string of the molecule is COc1cccc(OC)c1-c1cc(C(=O)N[C@@H](CCCN2CCCCC2)CCNC2CCC2)nn1C1CCCC1. The van der Waals surface area contributed by atoms with Gasteiger partial charge in [-0.1, -0.05) is 31.7 Å². The summed E-state index contributed by atoms with van der Waals surface area (Å²) in [4.78, 5) is 16.3. The first kappa shape index (κ1) is 28.9. The number of ether oxygens (including phenoxy) is 2. The fourth-order valence-corrected chi connectivity index (χ4v) is 6.59. The van der Waals surface area contributed by atoms with Gasteiger partial charge in [0.15, 0.2) is 5.69 Å². The van der Waals surface area contributed by atoms with Gasteiger partial charge in [-0.05, 0) is 102 Å². The Morgan fingerprint density at radius 1 is 0.975 bits per heavy atom. The molecule has 8 heteroatoms. The lowest BCUT2D eigenvalue weighted by Gasteiger charge is -2.29. The van der Waals surface area contributed by atoms with E-state index in [9.17, 15) is 4.79 Å². The van der Waals surface area contributed by atoms with Gasteiger partial charge in [0, 0.05) is 12.1 Å². The van der Waals surface area contributed by atoms with Gasteiger partial charge in [-0.25, -0.2) is 0 Å². The smallest absolute Gasteiger partial charge is 0.272 e. The minimum Gasteiger partial charge on any atom is -0.496 e. The summed E-state index contributed by atoms with van der Waals surface area (Å²) in [6.45, 7) is 4.50. The molecule has 8 nitrogen and oxygen atoms in total. The van der Waals surface area contributed by atoms with E-state index < -0.39 is 0 Å². The molecular weight excluding hydrogens is 502 g/mol. The standard InChI is InChI=1S/C32H49N5O3/c1-39-29-16-9-17-30(40-2)31(29)28-23-27(35-37(28)26-14-4-5-15-26)32(38)34-25(18-19-33-24-11-8-12-24)13-10-22-36-20-6-3-7-21-36/h9,16-17,23-26,33H,3-8,10-15,18-22H2,1-2H3,(H,34,38)/t25-/m0/s1. The van der Waals surface area contributed by atoms with E-state index in [-0.39, 0.29) is 18.0 Å². The third-order valence-electron chi connectivity index (χ3n) is 9.16. The second-order valence-corrected chi connectivity index (χ2v) is 11.9. The summed E-state index contributed by atoms with van der Waals surface area (Å²) in [5, 5.41) is 12.0. The van der Waals surface area contributed by atoms with Gasteiger partial charge in [-0.15, -0.1) is 0 Å². The average Bonchev–Trinajstić information content (AvgIpc) is 3.65. The highest BCUT2D eigenvalue weighted by Gasteiger charge is 2.28. The van der Waals surface area contributed by atoms with Gasteiger partial charge in [0.1, 0.15) is 11.5 Å². The van der Waals surface area contributed by atoms with Crippen LogP contribution in [0.3, 0.4) is 0 Å². The van der Waals surface area contributed by atoms with Crippen LogP contribution in [0, 0.1) is 0 Å². The highest BCUT2D eigenvalue weighted by atomic mass is 16.5. The van der Waals surface area contributed by atoms with Crippen molar-refractivity contribution in [2.45, 2.75) is 102 Å². The Labute approximate surface area is 240 Å². The highest BCUT2D eigenvalue weighted by molar-refractivity contribution is 5.94. The molecule has 3 fully saturated rings. The number of likely N-dealkylation sites (tertiary alicyclic amines) is 1. The molecule has 3 aliphatic rings. The zero-order chi connectivity index (χ0) is 27.7. The van der Waals surface area contributed by atoms with Gasteiger partial charge in [-0.2, -0.15) is 5.10 Å². The van der Waals surface area contributed by atoms with Crippen LogP contribution < -0.4 is 20.1 Å². The molecule has 0 unspecified atom stereocenters. The van der Waals surface area contributed by atoms with Crippen molar-refractivity contribution < 1.29 is 14.3 Å². The van der Waals surface area contributed by atoms with Gasteiger partial charge in [0.25, 0.3) is 5.91 Å². The lowest BCUT2D eigenvalue weighted by Crippen LogP contribution is -2.41. The molecule has 0 spiro atoms. The van der Waals surface area contributed by atoms with E-state index in [1.165, 1.54) is 64.5 Å². The molecule has 1 saturated heterocycles. The van der Waals surface area contributed by atoms with E-state index in [2.05, 4.69) is 20.2 Å². The summed E-state index contributed by atoms with van der Waals surface area (Å²) >= 11 is 0. The number of nitrogens with one attached hydrogen (secondary N) is 2. The molecule has 1 aromatic heterocycles. The molecule has 2 aliphatic carbocycles. The van der Waals surface area contributed by atoms with E-state index in [0.717, 1.165) is 68.0 Å². The summed E-state index contributed by atoms with van der Waals surface area (Å²) in [7, 11) is 3.35. The first-order valence-corrected chi connectivity index (χ1v) is 15.7. The number of benzene rings is 1. The van der Waals surface area contributed by atoms with E-state index in [4.69, 9.17) is 14.6 Å². The number of amides is 1. The molecule has 5 rings (SSSR count). The maximum atomic E-state index is 13.7. The Bertz CT molecular complexity index is 1060. The number of nitrogens with zero attached hydrogens (tertiary/aromatic N) is 3. The van der Waals surface area contributed by atoms with E-state index in [1.54, 1.807) is 14.2 Å². The predicted octanol–water partition coefficient (Wildman–Crippen LogP) is 5.58. The maximum absolute atomic E-state index is 13.7. The minimum atomic E-state index is -0.0847. The number of carbonyl (C=O) groups excluding carboxylic acids is 1. The van der Waals surface area contributed by atoms with Crippen LogP contribution in [-0.2, 0) is 0 Å². The lowest BCUT2D eigenvalue weighted by molar-refractivity contribution is 0.0924. The van der Waals surface area contributed by atoms with Gasteiger partial charge >= 0.3 is 0 Å². The Morgan fingerprint density at radius 2 is 1.70 bits per heavy atom. The summed E-state index contributed by atoms with van der Waals surface area (Å²) < 4.78 is 13.5. The number of aromatic nitrogens is 2. The first-order chi connectivity index (χ1) is 19.7. The van der Waals surface area contributed by atoms with Crippen LogP contribution in [0.5, 0.6) is 11.5 Å². The first-order valence-electron chi connectivity index (χ1n) is 15.7. The summed E-state index contributed by atoms with van der Waals surface area (Å²) in [6.07, 6.45) is 15.4. The third kappa shape index (κ3) is 7.19. The number of hydrogen-bond donors (Lipinski definition) is 2. The molecule has 0 bridgehead atoms. The van der Waals surface area contributed by atoms with Crippen molar-refractivity contribution in [2.75, 3.05) is 40.4 Å². The molecule has 0 radical (unpaired) electrons. The van der Waals surface area contributed by atoms with E-state index in [0.29, 0.717) is 11.7 Å². The van der Waals surface area contributed by atoms with Crippen molar-refractivity contribution in [3.8, 4) is 22.8 Å². The van der Waals surface area contributed by atoms with Crippen molar-refractivity contribution in [1.29, 1.82) is 0 Å². The van der Waals surface area contributed by atoms with Crippen LogP contribution in [0.2, 0.25) is 0 Å². The normalized spacial score (nSPS) is 19.4. The molecular formula is C32H49N5O3. The van der Waals surface area contributed by atoms with Gasteiger partial charge in [0.05, 0.1) is 31.5 Å². The summed E-state index contributed by atoms with van der Waals surface area (Å²) in [5.74, 6) is 1.37. The van der Waals surface area contributed by atoms with Crippen molar-refractivity contribution in [2.24, 2.45) is 0 Å². The number of hydrogen-bond acceptors (Lipinski definition) is 6. The van der Waals surface area contributed by atoms with Crippen LogP contribution in [0.25, 0.3) is 11.3 Å². The van der Waals surface area contributed by atoms with Crippen LogP contribution >= 0.6 is 0 Å². The van der Waals surface area contributed by atoms with Crippen LogP contribution in [0.4, 0.5) is 0 Å². The predicted molar refractivity (Wildman–Crippen MR) is 159 cm³/mol. The number of carbonyl (C=O) groups is 1. The van der Waals surface area contributed by atoms with Gasteiger partial charge in [-0.3, -0.25) is 9.48 Å². The third-order valence-corrected chi connectivity index (χ3v) is 9.16. The van der Waals surface area contributed by atoms with Gasteiger partial charge < -0.3 is 25.0 Å². The molecule has 1 amide bonds. The second-order valence-electron chi connectivity index (χ2n) is 11.9. The quantitative estimate of drug-likeness (QED) is 0.319. The molecule has 40 heavy (non-hydrogen) atoms. The molecule has 1 aliphatic heterocycles. The Balaban J connectivity index is 1.32. The maximum Gasteiger partial charge on any atom is 0.272 e. The lowest BCUT2D eigenvalue weighted by atomic mass is 9.93. The summed E-state index contributed by atoms with van der Waals surface area (Å²) in [6, 6.07) is 8.81. The zero-order valence-corrected chi connectivity index (χ0v) is 24.6. The van der Waals surface area contributed by atoms with E-state index in [1.807, 2.05) is 24.3 Å². The monoisotopic (exact) mass is 551 g/mol. The van der Waals surface area contributed by atoms with E-state index >= 15 is 0 Å². The van der Waals surface area contributed by atoms with Crippen LogP contribution in [0.1, 0.15) is 100 Å². The fourth-order valence-electron chi connectivity index (χ4n) is 6.59. The van der Waals surface area contributed by atoms with Crippen molar-refractivity contribution >= 4 is 5.91 Å². The average molecular weight is 552 g/mol. The second kappa shape index (κ2) is 14.4. The molecule has 220 valence electrons. The Morgan fingerprint density at radius 3 is 2.35 bits per heavy atom. The number of methoxy groups -OCH3 is 2. The van der Waals surface area contributed by atoms with Crippen molar-refractivity contribution in [3.05, 3.63) is 30.0 Å². The molecule has 1 atom stereocenters. The van der Waals surface area contributed by atoms with Crippen LogP contribution in [0.15, 0.2) is 24.3 Å². The molecule has 2 saturated carbocycles. The molecule has 1 aromatic carbocycles. The number of piperidine rings is 1. The minimum absolute atomic E-state index is 0.0847.